The number of hydrogen-bond acceptors (Lipinski definition) is 2. The van der Waals surface area contributed by atoms with Gasteiger partial charge in [0.05, 0.1) is 6.10 Å². The van der Waals surface area contributed by atoms with Gasteiger partial charge in [0, 0.05) is 16.2 Å². The third-order valence-corrected chi connectivity index (χ3v) is 5.54. The van der Waals surface area contributed by atoms with Crippen LogP contribution >= 0.6 is 11.3 Å². The van der Waals surface area contributed by atoms with E-state index in [1.807, 2.05) is 0 Å². The first-order chi connectivity index (χ1) is 9.68. The molecule has 1 aromatic carbocycles. The zero-order valence-corrected chi connectivity index (χ0v) is 14.8. The van der Waals surface area contributed by atoms with Gasteiger partial charge in [-0.3, -0.25) is 0 Å². The SMILES string of the molecule is Cc1cc(C)c(CC(O)c2ccc(C(C)(C)C)s2)c(C)c1. The Hall–Kier alpha value is -1.12. The van der Waals surface area contributed by atoms with Gasteiger partial charge in [-0.1, -0.05) is 38.5 Å². The maximum Gasteiger partial charge on any atom is 0.0922 e. The smallest absolute Gasteiger partial charge is 0.0922 e. The largest absolute Gasteiger partial charge is 0.387 e. The molecule has 0 amide bonds. The van der Waals surface area contributed by atoms with E-state index < -0.39 is 6.10 Å². The summed E-state index contributed by atoms with van der Waals surface area (Å²) in [7, 11) is 0. The van der Waals surface area contributed by atoms with Crippen LogP contribution in [0.4, 0.5) is 0 Å². The van der Waals surface area contributed by atoms with Gasteiger partial charge in [-0.05, 0) is 55.0 Å². The van der Waals surface area contributed by atoms with Crippen LogP contribution < -0.4 is 0 Å². The molecule has 0 aliphatic carbocycles. The monoisotopic (exact) mass is 302 g/mol. The summed E-state index contributed by atoms with van der Waals surface area (Å²) in [5.41, 5.74) is 5.27. The predicted molar refractivity (Wildman–Crippen MR) is 92.3 cm³/mol. The van der Waals surface area contributed by atoms with E-state index >= 15 is 0 Å². The molecular formula is C19H26OS. The van der Waals surface area contributed by atoms with Gasteiger partial charge in [0.2, 0.25) is 0 Å². The topological polar surface area (TPSA) is 20.2 Å². The maximum absolute atomic E-state index is 10.6. The molecule has 21 heavy (non-hydrogen) atoms. The van der Waals surface area contributed by atoms with E-state index in [2.05, 4.69) is 65.8 Å². The zero-order valence-electron chi connectivity index (χ0n) is 13.9. The highest BCUT2D eigenvalue weighted by Crippen LogP contribution is 2.34. The third kappa shape index (κ3) is 3.75. The summed E-state index contributed by atoms with van der Waals surface area (Å²) < 4.78 is 0. The average Bonchev–Trinajstić information content (AvgIpc) is 2.82. The van der Waals surface area contributed by atoms with Crippen LogP contribution in [0.3, 0.4) is 0 Å². The fraction of sp³-hybridized carbons (Fsp3) is 0.474. The first-order valence-corrected chi connectivity index (χ1v) is 8.35. The summed E-state index contributed by atoms with van der Waals surface area (Å²) in [5.74, 6) is 0. The van der Waals surface area contributed by atoms with Crippen LogP contribution in [0.15, 0.2) is 24.3 Å². The highest BCUT2D eigenvalue weighted by molar-refractivity contribution is 7.12. The zero-order chi connectivity index (χ0) is 15.8. The van der Waals surface area contributed by atoms with E-state index in [9.17, 15) is 5.11 Å². The number of aryl methyl sites for hydroxylation is 3. The molecule has 0 fully saturated rings. The van der Waals surface area contributed by atoms with Crippen LogP contribution in [0, 0.1) is 20.8 Å². The molecule has 0 aliphatic rings. The van der Waals surface area contributed by atoms with E-state index in [-0.39, 0.29) is 5.41 Å². The van der Waals surface area contributed by atoms with Gasteiger partial charge in [0.25, 0.3) is 0 Å². The molecule has 0 saturated heterocycles. The number of rotatable bonds is 3. The van der Waals surface area contributed by atoms with E-state index in [0.29, 0.717) is 6.42 Å². The molecule has 1 unspecified atom stereocenters. The summed E-state index contributed by atoms with van der Waals surface area (Å²) >= 11 is 1.73. The molecule has 2 heteroatoms. The maximum atomic E-state index is 10.6. The van der Waals surface area contributed by atoms with Crippen LogP contribution in [0.25, 0.3) is 0 Å². The molecule has 1 atom stereocenters. The summed E-state index contributed by atoms with van der Waals surface area (Å²) in [6.45, 7) is 13.0. The Morgan fingerprint density at radius 3 is 2.10 bits per heavy atom. The van der Waals surface area contributed by atoms with Gasteiger partial charge >= 0.3 is 0 Å². The van der Waals surface area contributed by atoms with Crippen LogP contribution in [0.2, 0.25) is 0 Å². The molecule has 114 valence electrons. The second-order valence-electron chi connectivity index (χ2n) is 7.05. The third-order valence-electron chi connectivity index (χ3n) is 3.93. The van der Waals surface area contributed by atoms with Crippen molar-refractivity contribution in [1.82, 2.24) is 0 Å². The highest BCUT2D eigenvalue weighted by Gasteiger charge is 2.19. The number of aliphatic hydroxyl groups excluding tert-OH is 1. The Bertz CT molecular complexity index is 608. The molecule has 1 nitrogen and oxygen atoms in total. The van der Waals surface area contributed by atoms with E-state index in [0.717, 1.165) is 4.88 Å². The molecule has 0 bridgehead atoms. The lowest BCUT2D eigenvalue weighted by molar-refractivity contribution is 0.182. The number of thiophene rings is 1. The number of hydrogen-bond donors (Lipinski definition) is 1. The quantitative estimate of drug-likeness (QED) is 0.821. The minimum Gasteiger partial charge on any atom is -0.387 e. The Kier molecular flexibility index (Phi) is 4.60. The van der Waals surface area contributed by atoms with Crippen LogP contribution in [-0.4, -0.2) is 5.11 Å². The minimum absolute atomic E-state index is 0.151. The van der Waals surface area contributed by atoms with Gasteiger partial charge in [-0.25, -0.2) is 0 Å². The van der Waals surface area contributed by atoms with E-state index in [1.54, 1.807) is 11.3 Å². The fourth-order valence-corrected chi connectivity index (χ4v) is 3.81. The lowest BCUT2D eigenvalue weighted by Gasteiger charge is -2.17. The Morgan fingerprint density at radius 1 is 1.05 bits per heavy atom. The Labute approximate surface area is 132 Å². The molecule has 2 aromatic rings. The van der Waals surface area contributed by atoms with Crippen molar-refractivity contribution in [2.75, 3.05) is 0 Å². The first-order valence-electron chi connectivity index (χ1n) is 7.53. The van der Waals surface area contributed by atoms with Crippen molar-refractivity contribution in [3.63, 3.8) is 0 Å². The lowest BCUT2D eigenvalue weighted by atomic mass is 9.94. The second-order valence-corrected chi connectivity index (χ2v) is 8.16. The van der Waals surface area contributed by atoms with Crippen LogP contribution in [0.1, 0.15) is 58.9 Å². The molecule has 0 aliphatic heterocycles. The van der Waals surface area contributed by atoms with E-state index in [4.69, 9.17) is 0 Å². The molecule has 0 spiro atoms. The molecule has 1 N–H and O–H groups in total. The van der Waals surface area contributed by atoms with Gasteiger partial charge < -0.3 is 5.11 Å². The molecular weight excluding hydrogens is 276 g/mol. The van der Waals surface area contributed by atoms with Gasteiger partial charge in [-0.15, -0.1) is 11.3 Å². The van der Waals surface area contributed by atoms with Crippen molar-refractivity contribution < 1.29 is 5.11 Å². The lowest BCUT2D eigenvalue weighted by Crippen LogP contribution is -2.08. The van der Waals surface area contributed by atoms with Crippen molar-refractivity contribution in [3.8, 4) is 0 Å². The fourth-order valence-electron chi connectivity index (χ4n) is 2.76. The second kappa shape index (κ2) is 5.94. The highest BCUT2D eigenvalue weighted by atomic mass is 32.1. The van der Waals surface area contributed by atoms with Crippen molar-refractivity contribution in [2.45, 2.75) is 59.5 Å². The van der Waals surface area contributed by atoms with Gasteiger partial charge in [0.1, 0.15) is 0 Å². The molecule has 1 aromatic heterocycles. The first kappa shape index (κ1) is 16.3. The molecule has 2 rings (SSSR count). The van der Waals surface area contributed by atoms with Crippen molar-refractivity contribution in [2.24, 2.45) is 0 Å². The molecule has 0 radical (unpaired) electrons. The summed E-state index contributed by atoms with van der Waals surface area (Å²) in [5, 5.41) is 10.6. The Morgan fingerprint density at radius 2 is 1.62 bits per heavy atom. The average molecular weight is 302 g/mol. The molecule has 0 saturated carbocycles. The van der Waals surface area contributed by atoms with Gasteiger partial charge in [0.15, 0.2) is 0 Å². The normalized spacial score (nSPS) is 13.5. The predicted octanol–water partition coefficient (Wildman–Crippen LogP) is 5.25. The summed E-state index contributed by atoms with van der Waals surface area (Å²) in [6.07, 6.45) is 0.286. The van der Waals surface area contributed by atoms with Crippen LogP contribution in [-0.2, 0) is 11.8 Å². The van der Waals surface area contributed by atoms with E-state index in [1.165, 1.54) is 27.1 Å². The standard InChI is InChI=1S/C19H26OS/c1-12-9-13(2)15(14(3)10-12)11-16(20)17-7-8-18(21-17)19(4,5)6/h7-10,16,20H,11H2,1-6H3. The van der Waals surface area contributed by atoms with Crippen molar-refractivity contribution in [1.29, 1.82) is 0 Å². The Balaban J connectivity index is 2.22. The number of benzene rings is 1. The summed E-state index contributed by atoms with van der Waals surface area (Å²) in [4.78, 5) is 2.40. The summed E-state index contributed by atoms with van der Waals surface area (Å²) in [6, 6.07) is 8.63. The van der Waals surface area contributed by atoms with Crippen molar-refractivity contribution >= 4 is 11.3 Å². The molecule has 1 heterocycles. The number of aliphatic hydroxyl groups is 1. The van der Waals surface area contributed by atoms with Crippen LogP contribution in [0.5, 0.6) is 0 Å². The van der Waals surface area contributed by atoms with Gasteiger partial charge in [-0.2, -0.15) is 0 Å². The minimum atomic E-state index is -0.411. The van der Waals surface area contributed by atoms with Crippen molar-refractivity contribution in [3.05, 3.63) is 56.3 Å².